The van der Waals surface area contributed by atoms with Crippen molar-refractivity contribution >= 4 is 21.6 Å². The average Bonchev–Trinajstić information content (AvgIpc) is 2.47. The van der Waals surface area contributed by atoms with Crippen LogP contribution in [0, 0.1) is 0 Å². The van der Waals surface area contributed by atoms with Crippen LogP contribution in [0.25, 0.3) is 0 Å². The number of benzene rings is 1. The number of hydrogen-bond acceptors (Lipinski definition) is 5. The van der Waals surface area contributed by atoms with Gasteiger partial charge in [0.15, 0.2) is 11.5 Å². The molecule has 6 heteroatoms. The fourth-order valence-electron chi connectivity index (χ4n) is 1.77. The first-order chi connectivity index (χ1) is 9.65. The van der Waals surface area contributed by atoms with Gasteiger partial charge in [-0.1, -0.05) is 0 Å². The van der Waals surface area contributed by atoms with E-state index in [4.69, 9.17) is 9.47 Å². The minimum Gasteiger partial charge on any atom is -0.502 e. The topological polar surface area (TPSA) is 63.6 Å². The van der Waals surface area contributed by atoms with Gasteiger partial charge in [-0.15, -0.1) is 0 Å². The summed E-state index contributed by atoms with van der Waals surface area (Å²) < 4.78 is 11.0. The van der Waals surface area contributed by atoms with Crippen LogP contribution in [0.4, 0.5) is 5.69 Å². The van der Waals surface area contributed by atoms with Crippen molar-refractivity contribution in [3.63, 3.8) is 0 Å². The highest BCUT2D eigenvalue weighted by Crippen LogP contribution is 2.37. The molecule has 1 aromatic heterocycles. The Bertz CT molecular complexity index is 580. The molecular weight excluding hydrogens is 324 g/mol. The van der Waals surface area contributed by atoms with Crippen molar-refractivity contribution in [3.05, 3.63) is 40.6 Å². The smallest absolute Gasteiger partial charge is 0.200 e. The maximum absolute atomic E-state index is 9.85. The highest BCUT2D eigenvalue weighted by Gasteiger charge is 2.11. The highest BCUT2D eigenvalue weighted by atomic mass is 79.9. The van der Waals surface area contributed by atoms with Gasteiger partial charge in [-0.05, 0) is 45.8 Å². The third kappa shape index (κ3) is 3.14. The van der Waals surface area contributed by atoms with Gasteiger partial charge in [0.2, 0.25) is 5.75 Å². The second kappa shape index (κ2) is 6.47. The lowest BCUT2D eigenvalue weighted by molar-refractivity contribution is 0.339. The lowest BCUT2D eigenvalue weighted by Gasteiger charge is -2.12. The number of halogens is 1. The molecule has 0 spiro atoms. The lowest BCUT2D eigenvalue weighted by atomic mass is 10.1. The summed E-state index contributed by atoms with van der Waals surface area (Å²) in [6, 6.07) is 7.29. The molecule has 1 aromatic carbocycles. The van der Waals surface area contributed by atoms with E-state index in [0.29, 0.717) is 18.0 Å². The average molecular weight is 339 g/mol. The monoisotopic (exact) mass is 338 g/mol. The number of pyridine rings is 1. The molecule has 0 saturated heterocycles. The molecule has 0 saturated carbocycles. The molecule has 0 amide bonds. The van der Waals surface area contributed by atoms with Gasteiger partial charge in [0.05, 0.1) is 19.9 Å². The number of phenolic OH excluding ortho intramolecular Hbond substituents is 1. The van der Waals surface area contributed by atoms with Crippen LogP contribution in [0.3, 0.4) is 0 Å². The zero-order chi connectivity index (χ0) is 14.5. The van der Waals surface area contributed by atoms with Crippen LogP contribution >= 0.6 is 15.9 Å². The third-order valence-corrected chi connectivity index (χ3v) is 3.41. The van der Waals surface area contributed by atoms with E-state index in [1.807, 2.05) is 12.1 Å². The van der Waals surface area contributed by atoms with Gasteiger partial charge in [-0.2, -0.15) is 0 Å². The first-order valence-corrected chi connectivity index (χ1v) is 6.73. The Morgan fingerprint density at radius 3 is 2.45 bits per heavy atom. The van der Waals surface area contributed by atoms with E-state index in [0.717, 1.165) is 15.9 Å². The Morgan fingerprint density at radius 1 is 1.25 bits per heavy atom. The predicted octanol–water partition coefficient (Wildman–Crippen LogP) is 3.18. The molecular formula is C14H15BrN2O3. The highest BCUT2D eigenvalue weighted by molar-refractivity contribution is 9.10. The Labute approximate surface area is 125 Å². The summed E-state index contributed by atoms with van der Waals surface area (Å²) in [7, 11) is 3.01. The van der Waals surface area contributed by atoms with Crippen molar-refractivity contribution in [2.45, 2.75) is 6.54 Å². The summed E-state index contributed by atoms with van der Waals surface area (Å²) in [4.78, 5) is 4.14. The first kappa shape index (κ1) is 14.5. The van der Waals surface area contributed by atoms with E-state index in [2.05, 4.69) is 26.2 Å². The second-order valence-electron chi connectivity index (χ2n) is 4.04. The molecule has 0 unspecified atom stereocenters. The van der Waals surface area contributed by atoms with Gasteiger partial charge in [0.25, 0.3) is 0 Å². The van der Waals surface area contributed by atoms with Crippen molar-refractivity contribution < 1.29 is 14.6 Å². The number of anilines is 1. The Morgan fingerprint density at radius 2 is 1.90 bits per heavy atom. The minimum atomic E-state index is 0.00121. The van der Waals surface area contributed by atoms with Crippen molar-refractivity contribution in [2.75, 3.05) is 19.5 Å². The molecule has 1 heterocycles. The molecule has 2 N–H and O–H groups in total. The molecule has 0 aliphatic carbocycles. The second-order valence-corrected chi connectivity index (χ2v) is 4.80. The van der Waals surface area contributed by atoms with Gasteiger partial charge >= 0.3 is 0 Å². The SMILES string of the molecule is COc1cc(CNc2cccnc2Br)cc(OC)c1O. The maximum Gasteiger partial charge on any atom is 0.200 e. The Hall–Kier alpha value is -1.95. The molecule has 106 valence electrons. The first-order valence-electron chi connectivity index (χ1n) is 5.94. The molecule has 0 aliphatic heterocycles. The summed E-state index contributed by atoms with van der Waals surface area (Å²) in [5, 5.41) is 13.1. The Balaban J connectivity index is 2.19. The zero-order valence-corrected chi connectivity index (χ0v) is 12.8. The summed E-state index contributed by atoms with van der Waals surface area (Å²) in [6.07, 6.45) is 1.71. The number of ether oxygens (including phenoxy) is 2. The van der Waals surface area contributed by atoms with Gasteiger partial charge in [-0.25, -0.2) is 4.98 Å². The van der Waals surface area contributed by atoms with Gasteiger partial charge in [0, 0.05) is 12.7 Å². The van der Waals surface area contributed by atoms with Crippen LogP contribution in [-0.2, 0) is 6.54 Å². The summed E-state index contributed by atoms with van der Waals surface area (Å²) in [5.74, 6) is 0.763. The van der Waals surface area contributed by atoms with E-state index < -0.39 is 0 Å². The normalized spacial score (nSPS) is 10.2. The van der Waals surface area contributed by atoms with Crippen LogP contribution in [0.5, 0.6) is 17.2 Å². The van der Waals surface area contributed by atoms with Crippen molar-refractivity contribution in [3.8, 4) is 17.2 Å². The summed E-state index contributed by atoms with van der Waals surface area (Å²) in [6.45, 7) is 0.553. The van der Waals surface area contributed by atoms with Crippen molar-refractivity contribution in [1.29, 1.82) is 0 Å². The van der Waals surface area contributed by atoms with Crippen LogP contribution in [0.1, 0.15) is 5.56 Å². The number of rotatable bonds is 5. The van der Waals surface area contributed by atoms with Crippen LogP contribution in [0.15, 0.2) is 35.1 Å². The zero-order valence-electron chi connectivity index (χ0n) is 11.2. The molecule has 0 atom stereocenters. The standard InChI is InChI=1S/C14H15BrN2O3/c1-19-11-6-9(7-12(20-2)13(11)18)8-17-10-4-3-5-16-14(10)15/h3-7,17-18H,8H2,1-2H3. The number of phenols is 1. The lowest BCUT2D eigenvalue weighted by Crippen LogP contribution is -2.02. The van der Waals surface area contributed by atoms with Crippen LogP contribution < -0.4 is 14.8 Å². The van der Waals surface area contributed by atoms with Gasteiger partial charge in [0.1, 0.15) is 4.60 Å². The number of methoxy groups -OCH3 is 2. The van der Waals surface area contributed by atoms with E-state index >= 15 is 0 Å². The molecule has 5 nitrogen and oxygen atoms in total. The van der Waals surface area contributed by atoms with Crippen LogP contribution in [0.2, 0.25) is 0 Å². The van der Waals surface area contributed by atoms with Gasteiger partial charge in [-0.3, -0.25) is 0 Å². The molecule has 0 fully saturated rings. The van der Waals surface area contributed by atoms with Gasteiger partial charge < -0.3 is 19.9 Å². The summed E-state index contributed by atoms with van der Waals surface area (Å²) >= 11 is 3.37. The number of aromatic hydroxyl groups is 1. The van der Waals surface area contributed by atoms with E-state index in [9.17, 15) is 5.11 Å². The molecule has 0 radical (unpaired) electrons. The molecule has 20 heavy (non-hydrogen) atoms. The quantitative estimate of drug-likeness (QED) is 0.820. The fraction of sp³-hybridized carbons (Fsp3) is 0.214. The largest absolute Gasteiger partial charge is 0.502 e. The maximum atomic E-state index is 9.85. The molecule has 2 rings (SSSR count). The minimum absolute atomic E-state index is 0.00121. The van der Waals surface area contributed by atoms with E-state index in [1.54, 1.807) is 18.3 Å². The summed E-state index contributed by atoms with van der Waals surface area (Å²) in [5.41, 5.74) is 1.81. The number of nitrogens with one attached hydrogen (secondary N) is 1. The molecule has 0 bridgehead atoms. The number of nitrogens with zero attached hydrogens (tertiary/aromatic N) is 1. The third-order valence-electron chi connectivity index (χ3n) is 2.78. The van der Waals surface area contributed by atoms with E-state index in [-0.39, 0.29) is 5.75 Å². The van der Waals surface area contributed by atoms with E-state index in [1.165, 1.54) is 14.2 Å². The van der Waals surface area contributed by atoms with Crippen molar-refractivity contribution in [1.82, 2.24) is 4.98 Å². The molecule has 0 aliphatic rings. The number of hydrogen-bond donors (Lipinski definition) is 2. The molecule has 2 aromatic rings. The predicted molar refractivity (Wildman–Crippen MR) is 80.5 cm³/mol. The van der Waals surface area contributed by atoms with Crippen molar-refractivity contribution in [2.24, 2.45) is 0 Å². The Kier molecular flexibility index (Phi) is 4.68. The number of aromatic nitrogens is 1. The fourth-order valence-corrected chi connectivity index (χ4v) is 2.16. The van der Waals surface area contributed by atoms with Crippen LogP contribution in [-0.4, -0.2) is 24.3 Å².